The Morgan fingerprint density at radius 1 is 1.78 bits per heavy atom. The predicted octanol–water partition coefficient (Wildman–Crippen LogP) is -0.702. The second kappa shape index (κ2) is 2.45. The fourth-order valence-corrected chi connectivity index (χ4v) is 1.10. The maximum Gasteiger partial charge on any atom is 0.149 e. The molecule has 2 N–H and O–H groups in total. The molecule has 0 saturated carbocycles. The first kappa shape index (κ1) is 6.71. The van der Waals surface area contributed by atoms with Gasteiger partial charge in [-0.1, -0.05) is 0 Å². The van der Waals surface area contributed by atoms with Gasteiger partial charge in [0, 0.05) is 0 Å². The van der Waals surface area contributed by atoms with Crippen molar-refractivity contribution in [1.82, 2.24) is 5.32 Å². The summed E-state index contributed by atoms with van der Waals surface area (Å²) in [5.74, 6) is 0.0278. The molecule has 1 aliphatic heterocycles. The number of carbonyl (C=O) groups is 1. The van der Waals surface area contributed by atoms with Gasteiger partial charge >= 0.3 is 0 Å². The van der Waals surface area contributed by atoms with Gasteiger partial charge in [0.25, 0.3) is 0 Å². The molecule has 0 bridgehead atoms. The van der Waals surface area contributed by atoms with Gasteiger partial charge in [-0.25, -0.2) is 0 Å². The summed E-state index contributed by atoms with van der Waals surface area (Å²) in [5, 5.41) is 12.0. The lowest BCUT2D eigenvalue weighted by atomic mass is 10.1. The molecular weight excluding hydrogens is 118 g/mol. The number of hydrogen-bond donors (Lipinski definition) is 2. The molecule has 0 aliphatic carbocycles. The fraction of sp³-hybridized carbons (Fsp3) is 0.833. The van der Waals surface area contributed by atoms with Crippen LogP contribution in [0.4, 0.5) is 0 Å². The van der Waals surface area contributed by atoms with Gasteiger partial charge in [-0.05, 0) is 19.9 Å². The number of aliphatic hydroxyl groups is 1. The van der Waals surface area contributed by atoms with Crippen LogP contribution in [-0.2, 0) is 4.79 Å². The summed E-state index contributed by atoms with van der Waals surface area (Å²) in [6.45, 7) is 2.25. The van der Waals surface area contributed by atoms with Crippen LogP contribution in [0.15, 0.2) is 0 Å². The number of ketones is 1. The number of hydrogen-bond acceptors (Lipinski definition) is 3. The normalized spacial score (nSPS) is 34.9. The van der Waals surface area contributed by atoms with Crippen LogP contribution >= 0.6 is 0 Å². The third kappa shape index (κ3) is 1.28. The highest BCUT2D eigenvalue weighted by Gasteiger charge is 2.27. The molecule has 1 aliphatic rings. The SMILES string of the molecule is CC(=O)[C@H]1NCC[C@H]1O. The molecule has 1 rings (SSSR count). The molecule has 1 fully saturated rings. The molecule has 0 aromatic heterocycles. The van der Waals surface area contributed by atoms with Crippen molar-refractivity contribution in [3.8, 4) is 0 Å². The zero-order valence-electron chi connectivity index (χ0n) is 5.42. The molecule has 1 saturated heterocycles. The van der Waals surface area contributed by atoms with E-state index < -0.39 is 6.10 Å². The second-order valence-corrected chi connectivity index (χ2v) is 2.40. The summed E-state index contributed by atoms with van der Waals surface area (Å²) >= 11 is 0. The van der Waals surface area contributed by atoms with E-state index in [4.69, 9.17) is 5.11 Å². The van der Waals surface area contributed by atoms with Gasteiger partial charge in [-0.15, -0.1) is 0 Å². The fourth-order valence-electron chi connectivity index (χ4n) is 1.10. The highest BCUT2D eigenvalue weighted by atomic mass is 16.3. The number of carbonyl (C=O) groups excluding carboxylic acids is 1. The number of Topliss-reactive ketones (excluding diaryl/α,β-unsaturated/α-hetero) is 1. The van der Waals surface area contributed by atoms with Crippen molar-refractivity contribution < 1.29 is 9.90 Å². The van der Waals surface area contributed by atoms with E-state index in [1.165, 1.54) is 6.92 Å². The Morgan fingerprint density at radius 3 is 2.67 bits per heavy atom. The van der Waals surface area contributed by atoms with Crippen molar-refractivity contribution >= 4 is 5.78 Å². The molecule has 0 radical (unpaired) electrons. The smallest absolute Gasteiger partial charge is 0.149 e. The van der Waals surface area contributed by atoms with Gasteiger partial charge in [0.15, 0.2) is 0 Å². The molecule has 3 heteroatoms. The highest BCUT2D eigenvalue weighted by molar-refractivity contribution is 5.82. The zero-order chi connectivity index (χ0) is 6.85. The van der Waals surface area contributed by atoms with Gasteiger partial charge < -0.3 is 10.4 Å². The van der Waals surface area contributed by atoms with E-state index in [1.807, 2.05) is 0 Å². The van der Waals surface area contributed by atoms with Crippen LogP contribution < -0.4 is 5.32 Å². The van der Waals surface area contributed by atoms with Gasteiger partial charge in [0.05, 0.1) is 12.1 Å². The first-order valence-corrected chi connectivity index (χ1v) is 3.13. The van der Waals surface area contributed by atoms with Crippen molar-refractivity contribution in [3.05, 3.63) is 0 Å². The van der Waals surface area contributed by atoms with E-state index in [0.29, 0.717) is 6.42 Å². The van der Waals surface area contributed by atoms with Gasteiger partial charge in [0.2, 0.25) is 0 Å². The predicted molar refractivity (Wildman–Crippen MR) is 33.1 cm³/mol. The van der Waals surface area contributed by atoms with E-state index in [-0.39, 0.29) is 11.8 Å². The quantitative estimate of drug-likeness (QED) is 0.492. The van der Waals surface area contributed by atoms with Crippen LogP contribution in [0, 0.1) is 0 Å². The third-order valence-electron chi connectivity index (χ3n) is 1.63. The molecule has 0 spiro atoms. The second-order valence-electron chi connectivity index (χ2n) is 2.40. The van der Waals surface area contributed by atoms with Crippen molar-refractivity contribution in [2.45, 2.75) is 25.5 Å². The minimum Gasteiger partial charge on any atom is -0.391 e. The van der Waals surface area contributed by atoms with Gasteiger partial charge in [0.1, 0.15) is 5.78 Å². The Hall–Kier alpha value is -0.410. The molecule has 9 heavy (non-hydrogen) atoms. The van der Waals surface area contributed by atoms with E-state index >= 15 is 0 Å². The molecule has 3 nitrogen and oxygen atoms in total. The highest BCUT2D eigenvalue weighted by Crippen LogP contribution is 2.06. The van der Waals surface area contributed by atoms with Crippen LogP contribution in [-0.4, -0.2) is 29.6 Å². The molecular formula is C6H11NO2. The lowest BCUT2D eigenvalue weighted by molar-refractivity contribution is -0.120. The first-order chi connectivity index (χ1) is 4.22. The molecule has 0 amide bonds. The van der Waals surface area contributed by atoms with Crippen molar-refractivity contribution in [3.63, 3.8) is 0 Å². The minimum atomic E-state index is -0.456. The van der Waals surface area contributed by atoms with E-state index in [1.54, 1.807) is 0 Å². The van der Waals surface area contributed by atoms with Crippen LogP contribution in [0.2, 0.25) is 0 Å². The maximum atomic E-state index is 10.6. The summed E-state index contributed by atoms with van der Waals surface area (Å²) in [5.41, 5.74) is 0. The van der Waals surface area contributed by atoms with E-state index in [0.717, 1.165) is 6.54 Å². The molecule has 2 atom stereocenters. The minimum absolute atomic E-state index is 0.0278. The van der Waals surface area contributed by atoms with Crippen LogP contribution in [0.3, 0.4) is 0 Å². The Balaban J connectivity index is 2.49. The number of aliphatic hydroxyl groups excluding tert-OH is 1. The summed E-state index contributed by atoms with van der Waals surface area (Å²) in [6.07, 6.45) is 0.243. The summed E-state index contributed by atoms with van der Waals surface area (Å²) < 4.78 is 0. The molecule has 0 aromatic rings. The monoisotopic (exact) mass is 129 g/mol. The van der Waals surface area contributed by atoms with Crippen molar-refractivity contribution in [1.29, 1.82) is 0 Å². The van der Waals surface area contributed by atoms with Crippen molar-refractivity contribution in [2.75, 3.05) is 6.54 Å². The zero-order valence-corrected chi connectivity index (χ0v) is 5.42. The largest absolute Gasteiger partial charge is 0.391 e. The lowest BCUT2D eigenvalue weighted by Gasteiger charge is -2.08. The van der Waals surface area contributed by atoms with E-state index in [9.17, 15) is 4.79 Å². The van der Waals surface area contributed by atoms with Crippen LogP contribution in [0.5, 0.6) is 0 Å². The summed E-state index contributed by atoms with van der Waals surface area (Å²) in [7, 11) is 0. The van der Waals surface area contributed by atoms with E-state index in [2.05, 4.69) is 5.32 Å². The third-order valence-corrected chi connectivity index (χ3v) is 1.63. The van der Waals surface area contributed by atoms with Gasteiger partial charge in [-0.2, -0.15) is 0 Å². The number of rotatable bonds is 1. The Morgan fingerprint density at radius 2 is 2.44 bits per heavy atom. The Bertz CT molecular complexity index is 124. The Kier molecular flexibility index (Phi) is 1.83. The Labute approximate surface area is 54.1 Å². The topological polar surface area (TPSA) is 49.3 Å². The first-order valence-electron chi connectivity index (χ1n) is 3.13. The molecule has 52 valence electrons. The molecule has 1 heterocycles. The standard InChI is InChI=1S/C6H11NO2/c1-4(8)6-5(9)2-3-7-6/h5-7,9H,2-3H2,1H3/t5-,6-/m1/s1. The van der Waals surface area contributed by atoms with Gasteiger partial charge in [-0.3, -0.25) is 4.79 Å². The maximum absolute atomic E-state index is 10.6. The average molecular weight is 129 g/mol. The average Bonchev–Trinajstić information content (AvgIpc) is 2.13. The van der Waals surface area contributed by atoms with Crippen molar-refractivity contribution in [2.24, 2.45) is 0 Å². The van der Waals surface area contributed by atoms with Crippen LogP contribution in [0.1, 0.15) is 13.3 Å². The molecule has 0 aromatic carbocycles. The lowest BCUT2D eigenvalue weighted by Crippen LogP contribution is -2.36. The summed E-state index contributed by atoms with van der Waals surface area (Å²) in [4.78, 5) is 10.6. The van der Waals surface area contributed by atoms with Crippen LogP contribution in [0.25, 0.3) is 0 Å². The molecule has 0 unspecified atom stereocenters. The number of nitrogens with one attached hydrogen (secondary N) is 1. The summed E-state index contributed by atoms with van der Waals surface area (Å²) in [6, 6.07) is -0.301.